The van der Waals surface area contributed by atoms with Crippen molar-refractivity contribution in [3.05, 3.63) is 81.9 Å². The summed E-state index contributed by atoms with van der Waals surface area (Å²) in [5, 5.41) is 17.3. The first kappa shape index (κ1) is 35.0. The van der Waals surface area contributed by atoms with Crippen molar-refractivity contribution in [2.24, 2.45) is 0 Å². The van der Waals surface area contributed by atoms with Gasteiger partial charge in [-0.25, -0.2) is 0 Å². The molecule has 0 aliphatic heterocycles. The minimum Gasteiger partial charge on any atom is -0.0561 e. The first-order chi connectivity index (χ1) is 22.6. The van der Waals surface area contributed by atoms with Crippen LogP contribution >= 0.6 is 0 Å². The van der Waals surface area contributed by atoms with Crippen molar-refractivity contribution in [1.82, 2.24) is 0 Å². The molecule has 7 rings (SSSR count). The topological polar surface area (TPSA) is 0 Å². The first-order valence-corrected chi connectivity index (χ1v) is 19.1. The van der Waals surface area contributed by atoms with Crippen molar-refractivity contribution in [3.63, 3.8) is 0 Å². The lowest BCUT2D eigenvalue weighted by Gasteiger charge is -2.27. The Bertz CT molecular complexity index is 2310. The second kappa shape index (κ2) is 10.1. The van der Waals surface area contributed by atoms with Gasteiger partial charge < -0.3 is 0 Å². The fourth-order valence-electron chi connectivity index (χ4n) is 8.61. The van der Waals surface area contributed by atoms with Gasteiger partial charge >= 0.3 is 0 Å². The normalized spacial score (nSPS) is 14.6. The summed E-state index contributed by atoms with van der Waals surface area (Å²) in [6.07, 6.45) is 0. The molecule has 262 valence electrons. The van der Waals surface area contributed by atoms with Crippen molar-refractivity contribution in [2.75, 3.05) is 0 Å². The van der Waals surface area contributed by atoms with Crippen molar-refractivity contribution in [3.8, 4) is 0 Å². The summed E-state index contributed by atoms with van der Waals surface area (Å²) in [4.78, 5) is 0. The van der Waals surface area contributed by atoms with Crippen LogP contribution in [0.3, 0.4) is 0 Å². The van der Waals surface area contributed by atoms with Gasteiger partial charge in [-0.3, -0.25) is 0 Å². The predicted octanol–water partition coefficient (Wildman–Crippen LogP) is 15.3. The zero-order valence-electron chi connectivity index (χ0n) is 34.6. The lowest BCUT2D eigenvalue weighted by atomic mass is 9.77. The molecule has 0 amide bonds. The molecule has 0 N–H and O–H groups in total. The molecule has 7 aromatic carbocycles. The lowest BCUT2D eigenvalue weighted by Crippen LogP contribution is -2.16. The maximum Gasteiger partial charge on any atom is -0.00133 e. The molecule has 0 spiro atoms. The SMILES string of the molecule is CC(C)(C)c1cc(C(C)(C)C)c2c(c1)c1c3cc(C(C)(C)C)cc4c5c(C(C)(C)C)cc(C(C)(C)C)cc5c(c5cc(C(C)(C)C)cc2c51)c43. The van der Waals surface area contributed by atoms with Gasteiger partial charge in [0.2, 0.25) is 0 Å². The molecule has 0 saturated carbocycles. The second-order valence-electron chi connectivity index (χ2n) is 22.0. The van der Waals surface area contributed by atoms with E-state index in [1.807, 2.05) is 0 Å². The number of rotatable bonds is 0. The maximum atomic E-state index is 2.58. The van der Waals surface area contributed by atoms with Crippen LogP contribution in [0.25, 0.3) is 64.6 Å². The summed E-state index contributed by atoms with van der Waals surface area (Å²) in [5.74, 6) is 0. The van der Waals surface area contributed by atoms with Gasteiger partial charge in [0.15, 0.2) is 0 Å². The van der Waals surface area contributed by atoms with Crippen LogP contribution in [-0.2, 0) is 32.5 Å². The Balaban J connectivity index is 1.94. The molecule has 0 nitrogen and oxygen atoms in total. The van der Waals surface area contributed by atoms with E-state index in [-0.39, 0.29) is 32.5 Å². The molecule has 0 aliphatic rings. The number of fused-ring (bicyclic) bond motifs is 8. The van der Waals surface area contributed by atoms with Crippen molar-refractivity contribution < 1.29 is 0 Å². The van der Waals surface area contributed by atoms with Gasteiger partial charge in [-0.05, 0) is 167 Å². The third-order valence-electron chi connectivity index (χ3n) is 11.7. The summed E-state index contributed by atoms with van der Waals surface area (Å²) in [6, 6.07) is 20.5. The van der Waals surface area contributed by atoms with E-state index in [0.717, 1.165) is 0 Å². The smallest absolute Gasteiger partial charge is 0.00133 e. The van der Waals surface area contributed by atoms with Gasteiger partial charge in [-0.2, -0.15) is 0 Å². The predicted molar refractivity (Wildman–Crippen MR) is 226 cm³/mol. The maximum absolute atomic E-state index is 2.58. The Morgan fingerprint density at radius 1 is 0.220 bits per heavy atom. The van der Waals surface area contributed by atoms with Gasteiger partial charge in [-0.1, -0.05) is 137 Å². The highest BCUT2D eigenvalue weighted by molar-refractivity contribution is 6.48. The van der Waals surface area contributed by atoms with E-state index in [1.165, 1.54) is 98.0 Å². The largest absolute Gasteiger partial charge is 0.0561 e. The Kier molecular flexibility index (Phi) is 7.11. The molecule has 0 aromatic heterocycles. The minimum atomic E-state index is -0.00923. The van der Waals surface area contributed by atoms with Gasteiger partial charge in [0.25, 0.3) is 0 Å². The van der Waals surface area contributed by atoms with Crippen LogP contribution in [0.1, 0.15) is 158 Å². The third kappa shape index (κ3) is 5.13. The molecule has 0 bridgehead atoms. The van der Waals surface area contributed by atoms with E-state index in [1.54, 1.807) is 0 Å². The third-order valence-corrected chi connectivity index (χ3v) is 11.7. The van der Waals surface area contributed by atoms with Gasteiger partial charge in [-0.15, -0.1) is 0 Å². The molecule has 0 unspecified atom stereocenters. The average molecular weight is 663 g/mol. The van der Waals surface area contributed by atoms with E-state index in [9.17, 15) is 0 Å². The van der Waals surface area contributed by atoms with E-state index in [4.69, 9.17) is 0 Å². The molecular weight excluding hydrogens is 601 g/mol. The fourth-order valence-corrected chi connectivity index (χ4v) is 8.61. The molecule has 0 saturated heterocycles. The molecule has 0 aliphatic carbocycles. The van der Waals surface area contributed by atoms with Crippen LogP contribution in [0.4, 0.5) is 0 Å². The average Bonchev–Trinajstić information content (AvgIpc) is 3.46. The zero-order valence-corrected chi connectivity index (χ0v) is 34.6. The summed E-state index contributed by atoms with van der Waals surface area (Å²) in [5.41, 5.74) is 8.67. The number of benzene rings is 5. The van der Waals surface area contributed by atoms with Crippen LogP contribution in [0.5, 0.6) is 0 Å². The Hall–Kier alpha value is -3.38. The zero-order chi connectivity index (χ0) is 37.0. The second-order valence-corrected chi connectivity index (χ2v) is 22.0. The summed E-state index contributed by atoms with van der Waals surface area (Å²) < 4.78 is 0. The lowest BCUT2D eigenvalue weighted by molar-refractivity contribution is 0.572. The van der Waals surface area contributed by atoms with E-state index < -0.39 is 0 Å². The van der Waals surface area contributed by atoms with Crippen LogP contribution < -0.4 is 0 Å². The monoisotopic (exact) mass is 662 g/mol. The van der Waals surface area contributed by atoms with Crippen molar-refractivity contribution >= 4 is 64.6 Å². The van der Waals surface area contributed by atoms with Gasteiger partial charge in [0, 0.05) is 0 Å². The highest BCUT2D eigenvalue weighted by Crippen LogP contribution is 2.55. The molecule has 50 heavy (non-hydrogen) atoms. The molecule has 0 fully saturated rings. The number of hydrogen-bond acceptors (Lipinski definition) is 0. The van der Waals surface area contributed by atoms with Crippen LogP contribution in [0.15, 0.2) is 48.5 Å². The molecule has 0 atom stereocenters. The highest BCUT2D eigenvalue weighted by atomic mass is 14.4. The summed E-state index contributed by atoms with van der Waals surface area (Å²) in [7, 11) is 0. The fraction of sp³-hybridized carbons (Fsp3) is 0.480. The van der Waals surface area contributed by atoms with Crippen LogP contribution in [-0.4, -0.2) is 0 Å². The summed E-state index contributed by atoms with van der Waals surface area (Å²) in [6.45, 7) is 43.0. The Morgan fingerprint density at radius 3 is 0.580 bits per heavy atom. The first-order valence-electron chi connectivity index (χ1n) is 19.1. The summed E-state index contributed by atoms with van der Waals surface area (Å²) >= 11 is 0. The Labute approximate surface area is 302 Å². The highest BCUT2D eigenvalue weighted by Gasteiger charge is 2.33. The van der Waals surface area contributed by atoms with E-state index >= 15 is 0 Å². The minimum absolute atomic E-state index is 0.00666. The van der Waals surface area contributed by atoms with Crippen molar-refractivity contribution in [1.29, 1.82) is 0 Å². The van der Waals surface area contributed by atoms with E-state index in [2.05, 4.69) is 173 Å². The number of hydrogen-bond donors (Lipinski definition) is 0. The Morgan fingerprint density at radius 2 is 0.400 bits per heavy atom. The van der Waals surface area contributed by atoms with Crippen LogP contribution in [0, 0.1) is 0 Å². The van der Waals surface area contributed by atoms with E-state index in [0.29, 0.717) is 0 Å². The standard InChI is InChI=1S/C50H62/c1-45(2,3)27-19-31-39-33(23-29(47(7,8)9)25-37(39)49(13,14)15)44-36-22-28(46(4,5)6)20-32-40-34(43(42(32)36)35(21-27)41(31)44)24-30(48(10,11)12)26-38(40)50(16,17)18/h19-26H,1-18H3. The van der Waals surface area contributed by atoms with Gasteiger partial charge in [0.1, 0.15) is 0 Å². The van der Waals surface area contributed by atoms with Crippen LogP contribution in [0.2, 0.25) is 0 Å². The molecule has 0 radical (unpaired) electrons. The molecule has 7 aromatic rings. The molecular formula is C50H62. The van der Waals surface area contributed by atoms with Crippen molar-refractivity contribution in [2.45, 2.75) is 157 Å². The molecule has 0 heteroatoms. The molecule has 0 heterocycles. The quantitative estimate of drug-likeness (QED) is 0.142. The van der Waals surface area contributed by atoms with Gasteiger partial charge in [0.05, 0.1) is 0 Å².